The van der Waals surface area contributed by atoms with E-state index in [1.54, 1.807) is 19.1 Å². The van der Waals surface area contributed by atoms with Gasteiger partial charge in [0.1, 0.15) is 4.90 Å². The van der Waals surface area contributed by atoms with E-state index < -0.39 is 15.9 Å². The number of hydrogen-bond donors (Lipinski definition) is 1. The van der Waals surface area contributed by atoms with E-state index in [1.807, 2.05) is 22.9 Å². The zero-order valence-electron chi connectivity index (χ0n) is 10.3. The number of para-hydroxylation sites is 1. The molecule has 19 heavy (non-hydrogen) atoms. The second-order valence-electron chi connectivity index (χ2n) is 3.84. The summed E-state index contributed by atoms with van der Waals surface area (Å²) < 4.78 is 27.1. The highest BCUT2D eigenvalue weighted by molar-refractivity contribution is 7.90. The maximum absolute atomic E-state index is 11.9. The van der Waals surface area contributed by atoms with Gasteiger partial charge >= 0.3 is 0 Å². The molecule has 2 rings (SSSR count). The van der Waals surface area contributed by atoms with Crippen molar-refractivity contribution in [2.45, 2.75) is 18.2 Å². The predicted octanol–water partition coefficient (Wildman–Crippen LogP) is 1.09. The standard InChI is InChI=1S/C12H13N3O3S/c1-2-12(16)14-19(17,18)11-8-13-15(9-11)10-6-4-3-5-7-10/h3-9H,2H2,1H3,(H,14,16). The van der Waals surface area contributed by atoms with Crippen LogP contribution in [0.2, 0.25) is 0 Å². The van der Waals surface area contributed by atoms with E-state index in [9.17, 15) is 13.2 Å². The third-order valence-electron chi connectivity index (χ3n) is 2.46. The van der Waals surface area contributed by atoms with Gasteiger partial charge in [0.15, 0.2) is 0 Å². The summed E-state index contributed by atoms with van der Waals surface area (Å²) in [6.45, 7) is 1.58. The number of benzene rings is 1. The molecule has 0 spiro atoms. The Morgan fingerprint density at radius 1 is 1.32 bits per heavy atom. The van der Waals surface area contributed by atoms with Gasteiger partial charge < -0.3 is 0 Å². The average Bonchev–Trinajstić information content (AvgIpc) is 2.89. The van der Waals surface area contributed by atoms with Crippen molar-refractivity contribution in [2.75, 3.05) is 0 Å². The molecule has 0 atom stereocenters. The molecule has 1 aromatic carbocycles. The summed E-state index contributed by atoms with van der Waals surface area (Å²) in [5.74, 6) is -0.549. The van der Waals surface area contributed by atoms with Gasteiger partial charge in [-0.15, -0.1) is 0 Å². The van der Waals surface area contributed by atoms with Crippen molar-refractivity contribution in [1.29, 1.82) is 0 Å². The topological polar surface area (TPSA) is 81.1 Å². The molecule has 1 amide bonds. The van der Waals surface area contributed by atoms with E-state index >= 15 is 0 Å². The van der Waals surface area contributed by atoms with Gasteiger partial charge in [-0.2, -0.15) is 5.10 Å². The van der Waals surface area contributed by atoms with Gasteiger partial charge in [-0.3, -0.25) is 4.79 Å². The number of sulfonamides is 1. The van der Waals surface area contributed by atoms with Crippen LogP contribution >= 0.6 is 0 Å². The molecule has 6 nitrogen and oxygen atoms in total. The Labute approximate surface area is 111 Å². The Morgan fingerprint density at radius 3 is 2.63 bits per heavy atom. The van der Waals surface area contributed by atoms with Crippen LogP contribution in [0.4, 0.5) is 0 Å². The van der Waals surface area contributed by atoms with Crippen LogP contribution in [-0.4, -0.2) is 24.1 Å². The lowest BCUT2D eigenvalue weighted by molar-refractivity contribution is -0.119. The van der Waals surface area contributed by atoms with Crippen molar-refractivity contribution < 1.29 is 13.2 Å². The third kappa shape index (κ3) is 3.00. The molecule has 0 saturated heterocycles. The molecule has 0 fully saturated rings. The first-order valence-electron chi connectivity index (χ1n) is 5.68. The van der Waals surface area contributed by atoms with Crippen LogP contribution in [-0.2, 0) is 14.8 Å². The highest BCUT2D eigenvalue weighted by Crippen LogP contribution is 2.11. The molecule has 0 aliphatic carbocycles. The molecule has 2 aromatic rings. The average molecular weight is 279 g/mol. The molecular formula is C12H13N3O3S. The van der Waals surface area contributed by atoms with E-state index in [-0.39, 0.29) is 11.3 Å². The van der Waals surface area contributed by atoms with Crippen LogP contribution in [0.5, 0.6) is 0 Å². The molecule has 7 heteroatoms. The quantitative estimate of drug-likeness (QED) is 0.908. The summed E-state index contributed by atoms with van der Waals surface area (Å²) in [4.78, 5) is 11.1. The van der Waals surface area contributed by atoms with E-state index in [2.05, 4.69) is 5.10 Å². The Morgan fingerprint density at radius 2 is 2.00 bits per heavy atom. The zero-order valence-corrected chi connectivity index (χ0v) is 11.1. The van der Waals surface area contributed by atoms with Crippen LogP contribution in [0.15, 0.2) is 47.6 Å². The summed E-state index contributed by atoms with van der Waals surface area (Å²) in [5, 5.41) is 3.97. The summed E-state index contributed by atoms with van der Waals surface area (Å²) >= 11 is 0. The number of nitrogens with one attached hydrogen (secondary N) is 1. The maximum atomic E-state index is 11.9. The lowest BCUT2D eigenvalue weighted by Crippen LogP contribution is -2.29. The second kappa shape index (κ2) is 5.23. The molecule has 100 valence electrons. The molecule has 0 saturated carbocycles. The van der Waals surface area contributed by atoms with Gasteiger partial charge in [-0.25, -0.2) is 17.8 Å². The number of carbonyl (C=O) groups excluding carboxylic acids is 1. The third-order valence-corrected chi connectivity index (χ3v) is 3.79. The van der Waals surface area contributed by atoms with Crippen LogP contribution in [0, 0.1) is 0 Å². The molecule has 0 unspecified atom stereocenters. The molecular weight excluding hydrogens is 266 g/mol. The van der Waals surface area contributed by atoms with Crippen molar-refractivity contribution in [1.82, 2.24) is 14.5 Å². The fourth-order valence-electron chi connectivity index (χ4n) is 1.45. The Balaban J connectivity index is 2.29. The van der Waals surface area contributed by atoms with Crippen LogP contribution in [0.25, 0.3) is 5.69 Å². The summed E-state index contributed by atoms with van der Waals surface area (Å²) in [6.07, 6.45) is 2.67. The van der Waals surface area contributed by atoms with Gasteiger partial charge in [0.25, 0.3) is 10.0 Å². The normalized spacial score (nSPS) is 11.2. The van der Waals surface area contributed by atoms with Gasteiger partial charge in [0, 0.05) is 6.42 Å². The minimum atomic E-state index is -3.84. The number of aromatic nitrogens is 2. The molecule has 1 N–H and O–H groups in total. The zero-order chi connectivity index (χ0) is 13.9. The van der Waals surface area contributed by atoms with Gasteiger partial charge in [-0.05, 0) is 12.1 Å². The van der Waals surface area contributed by atoms with E-state index in [0.717, 1.165) is 5.69 Å². The molecule has 1 aromatic heterocycles. The lowest BCUT2D eigenvalue weighted by atomic mass is 10.3. The monoisotopic (exact) mass is 279 g/mol. The van der Waals surface area contributed by atoms with E-state index in [0.29, 0.717) is 0 Å². The lowest BCUT2D eigenvalue weighted by Gasteiger charge is -2.02. The Hall–Kier alpha value is -2.15. The number of nitrogens with zero attached hydrogens (tertiary/aromatic N) is 2. The molecule has 0 bridgehead atoms. The van der Waals surface area contributed by atoms with Crippen LogP contribution < -0.4 is 4.72 Å². The Kier molecular flexibility index (Phi) is 3.66. The Bertz CT molecular complexity index is 677. The van der Waals surface area contributed by atoms with Crippen molar-refractivity contribution in [3.63, 3.8) is 0 Å². The van der Waals surface area contributed by atoms with Gasteiger partial charge in [-0.1, -0.05) is 25.1 Å². The minimum absolute atomic E-state index is 0.0434. The highest BCUT2D eigenvalue weighted by Gasteiger charge is 2.18. The smallest absolute Gasteiger partial charge is 0.267 e. The number of hydrogen-bond acceptors (Lipinski definition) is 4. The van der Waals surface area contributed by atoms with Crippen molar-refractivity contribution in [3.05, 3.63) is 42.7 Å². The first-order valence-corrected chi connectivity index (χ1v) is 7.17. The van der Waals surface area contributed by atoms with Crippen molar-refractivity contribution in [3.8, 4) is 5.69 Å². The molecule has 0 aliphatic heterocycles. The predicted molar refractivity (Wildman–Crippen MR) is 69.2 cm³/mol. The molecule has 0 radical (unpaired) electrons. The largest absolute Gasteiger partial charge is 0.274 e. The molecule has 1 heterocycles. The first kappa shape index (κ1) is 13.3. The minimum Gasteiger partial charge on any atom is -0.274 e. The summed E-state index contributed by atoms with van der Waals surface area (Å²) in [6, 6.07) is 9.10. The summed E-state index contributed by atoms with van der Waals surface area (Å²) in [7, 11) is -3.84. The number of amides is 1. The SMILES string of the molecule is CCC(=O)NS(=O)(=O)c1cnn(-c2ccccc2)c1. The van der Waals surface area contributed by atoms with Gasteiger partial charge in [0.2, 0.25) is 5.91 Å². The van der Waals surface area contributed by atoms with Crippen molar-refractivity contribution >= 4 is 15.9 Å². The van der Waals surface area contributed by atoms with Crippen LogP contribution in [0.3, 0.4) is 0 Å². The first-order chi connectivity index (χ1) is 9.03. The number of rotatable bonds is 4. The fourth-order valence-corrected chi connectivity index (χ4v) is 2.43. The van der Waals surface area contributed by atoms with Gasteiger partial charge in [0.05, 0.1) is 18.1 Å². The number of carbonyl (C=O) groups is 1. The van der Waals surface area contributed by atoms with E-state index in [4.69, 9.17) is 0 Å². The maximum Gasteiger partial charge on any atom is 0.267 e. The molecule has 0 aliphatic rings. The second-order valence-corrected chi connectivity index (χ2v) is 5.52. The van der Waals surface area contributed by atoms with E-state index in [1.165, 1.54) is 17.1 Å². The fraction of sp³-hybridized carbons (Fsp3) is 0.167. The summed E-state index contributed by atoms with van der Waals surface area (Å²) in [5.41, 5.74) is 0.741. The van der Waals surface area contributed by atoms with Crippen molar-refractivity contribution in [2.24, 2.45) is 0 Å². The highest BCUT2D eigenvalue weighted by atomic mass is 32.2. The van der Waals surface area contributed by atoms with Crippen LogP contribution in [0.1, 0.15) is 13.3 Å².